The summed E-state index contributed by atoms with van der Waals surface area (Å²) >= 11 is 1.14. The molecule has 3 heterocycles. The molecule has 0 aliphatic heterocycles. The average Bonchev–Trinajstić information content (AvgIpc) is 2.69. The van der Waals surface area contributed by atoms with E-state index in [4.69, 9.17) is 0 Å². The van der Waals surface area contributed by atoms with Crippen molar-refractivity contribution in [3.8, 4) is 0 Å². The molecule has 0 spiro atoms. The number of nitrogens with zero attached hydrogens (tertiary/aromatic N) is 4. The molecule has 0 saturated heterocycles. The van der Waals surface area contributed by atoms with E-state index in [1.807, 2.05) is 0 Å². The van der Waals surface area contributed by atoms with Gasteiger partial charge in [-0.2, -0.15) is 14.6 Å². The van der Waals surface area contributed by atoms with Crippen LogP contribution in [0.15, 0.2) is 34.1 Å². The highest BCUT2D eigenvalue weighted by Gasteiger charge is 2.07. The summed E-state index contributed by atoms with van der Waals surface area (Å²) in [4.78, 5) is 31.6. The Balaban J connectivity index is 2.33. The molecule has 0 unspecified atom stereocenters. The van der Waals surface area contributed by atoms with E-state index in [1.165, 1.54) is 6.92 Å². The van der Waals surface area contributed by atoms with E-state index in [-0.39, 0.29) is 11.3 Å². The number of aromatic nitrogens is 4. The van der Waals surface area contributed by atoms with Crippen LogP contribution in [-0.4, -0.2) is 19.6 Å². The van der Waals surface area contributed by atoms with Gasteiger partial charge in [-0.25, -0.2) is 0 Å². The third-order valence-corrected chi connectivity index (χ3v) is 3.51. The lowest BCUT2D eigenvalue weighted by Gasteiger charge is -1.89. The zero-order valence-corrected chi connectivity index (χ0v) is 10.7. The first-order valence-corrected chi connectivity index (χ1v) is 6.29. The number of hydrogen-bond acceptors (Lipinski definition) is 6. The zero-order valence-electron chi connectivity index (χ0n) is 9.90. The minimum atomic E-state index is -0.406. The number of hydrogen-bond donors (Lipinski definition) is 0. The molecule has 0 aromatic carbocycles. The van der Waals surface area contributed by atoms with Gasteiger partial charge < -0.3 is 0 Å². The second-order valence-electron chi connectivity index (χ2n) is 3.89. The highest BCUT2D eigenvalue weighted by molar-refractivity contribution is 7.15. The van der Waals surface area contributed by atoms with Crippen LogP contribution in [0.1, 0.15) is 11.3 Å². The summed E-state index contributed by atoms with van der Waals surface area (Å²) in [6.07, 6.45) is 5.02. The van der Waals surface area contributed by atoms with Crippen molar-refractivity contribution in [1.29, 1.82) is 0 Å². The van der Waals surface area contributed by atoms with E-state index >= 15 is 0 Å². The lowest BCUT2D eigenvalue weighted by Crippen LogP contribution is -2.27. The molecule has 3 rings (SSSR count). The predicted octanol–water partition coefficient (Wildman–Crippen LogP) is -0.238. The Morgan fingerprint density at radius 2 is 2.00 bits per heavy atom. The van der Waals surface area contributed by atoms with Crippen LogP contribution in [0.2, 0.25) is 0 Å². The maximum atomic E-state index is 12.1. The smallest absolute Gasteiger partial charge is 0.266 e. The molecule has 0 aliphatic carbocycles. The molecule has 0 amide bonds. The van der Waals surface area contributed by atoms with Gasteiger partial charge in [0, 0.05) is 12.4 Å². The van der Waals surface area contributed by atoms with Crippen molar-refractivity contribution in [1.82, 2.24) is 19.6 Å². The Labute approximate surface area is 110 Å². The lowest BCUT2D eigenvalue weighted by molar-refractivity contribution is 0.833. The first-order valence-electron chi connectivity index (χ1n) is 5.47. The fraction of sp³-hybridized carbons (Fsp3) is 0.0833. The molecule has 7 heteroatoms. The van der Waals surface area contributed by atoms with Crippen molar-refractivity contribution in [2.75, 3.05) is 0 Å². The van der Waals surface area contributed by atoms with Gasteiger partial charge in [0.05, 0.1) is 4.53 Å². The molecule has 0 saturated carbocycles. The van der Waals surface area contributed by atoms with E-state index in [9.17, 15) is 9.59 Å². The summed E-state index contributed by atoms with van der Waals surface area (Å²) in [5, 5.41) is 3.94. The van der Waals surface area contributed by atoms with Gasteiger partial charge in [-0.1, -0.05) is 11.3 Å². The molecule has 3 aromatic rings. The molecule has 19 heavy (non-hydrogen) atoms. The van der Waals surface area contributed by atoms with E-state index < -0.39 is 5.56 Å². The normalized spacial score (nSPS) is 12.2. The molecule has 0 aliphatic rings. The molecule has 0 atom stereocenters. The second-order valence-corrected chi connectivity index (χ2v) is 4.90. The minimum absolute atomic E-state index is 0.211. The molecule has 0 radical (unpaired) electrons. The Morgan fingerprint density at radius 1 is 1.26 bits per heavy atom. The van der Waals surface area contributed by atoms with Crippen LogP contribution < -0.4 is 15.7 Å². The highest BCUT2D eigenvalue weighted by Crippen LogP contribution is 1.99. The van der Waals surface area contributed by atoms with Gasteiger partial charge in [-0.3, -0.25) is 14.6 Å². The maximum absolute atomic E-state index is 12.1. The summed E-state index contributed by atoms with van der Waals surface area (Å²) in [6.45, 7) is 1.53. The van der Waals surface area contributed by atoms with Gasteiger partial charge in [-0.15, -0.1) is 0 Å². The van der Waals surface area contributed by atoms with Crippen molar-refractivity contribution in [2.45, 2.75) is 6.92 Å². The second kappa shape index (κ2) is 4.36. The SMILES string of the molecule is Cc1nn2c(=O)/c(=C/c3ccncc3)sc2nc1=O. The summed E-state index contributed by atoms with van der Waals surface area (Å²) in [7, 11) is 0. The molecule has 94 valence electrons. The Morgan fingerprint density at radius 3 is 2.74 bits per heavy atom. The Hall–Kier alpha value is -2.41. The first-order chi connectivity index (χ1) is 9.15. The van der Waals surface area contributed by atoms with Crippen molar-refractivity contribution < 1.29 is 0 Å². The average molecular weight is 272 g/mol. The zero-order chi connectivity index (χ0) is 13.4. The predicted molar refractivity (Wildman–Crippen MR) is 71.2 cm³/mol. The van der Waals surface area contributed by atoms with Gasteiger partial charge in [-0.05, 0) is 30.7 Å². The van der Waals surface area contributed by atoms with Gasteiger partial charge in [0.2, 0.25) is 4.96 Å². The van der Waals surface area contributed by atoms with Gasteiger partial charge in [0.25, 0.3) is 11.1 Å². The van der Waals surface area contributed by atoms with Crippen molar-refractivity contribution in [2.24, 2.45) is 0 Å². The molecule has 3 aromatic heterocycles. The van der Waals surface area contributed by atoms with Gasteiger partial charge >= 0.3 is 0 Å². The quantitative estimate of drug-likeness (QED) is 0.611. The van der Waals surface area contributed by atoms with E-state index in [0.29, 0.717) is 9.49 Å². The largest absolute Gasteiger partial charge is 0.295 e. The lowest BCUT2D eigenvalue weighted by atomic mass is 10.2. The number of pyridine rings is 1. The first kappa shape index (κ1) is 11.7. The number of rotatable bonds is 1. The van der Waals surface area contributed by atoms with E-state index in [2.05, 4.69) is 15.1 Å². The third-order valence-electron chi connectivity index (χ3n) is 2.55. The Kier molecular flexibility index (Phi) is 2.68. The standard InChI is InChI=1S/C12H8N4O2S/c1-7-10(17)14-12-16(15-7)11(18)9(19-12)6-8-2-4-13-5-3-8/h2-6H,1H3/b9-6-. The monoisotopic (exact) mass is 272 g/mol. The summed E-state index contributed by atoms with van der Waals surface area (Å²) in [5.41, 5.74) is 0.394. The van der Waals surface area contributed by atoms with Gasteiger partial charge in [0.15, 0.2) is 0 Å². The molecular weight excluding hydrogens is 264 g/mol. The topological polar surface area (TPSA) is 77.2 Å². The number of thiazole rings is 1. The van der Waals surface area contributed by atoms with Crippen LogP contribution in [0.5, 0.6) is 0 Å². The third kappa shape index (κ3) is 2.04. The summed E-state index contributed by atoms with van der Waals surface area (Å²) < 4.78 is 1.64. The van der Waals surface area contributed by atoms with Crippen LogP contribution in [-0.2, 0) is 0 Å². The van der Waals surface area contributed by atoms with Crippen LogP contribution in [0.4, 0.5) is 0 Å². The van der Waals surface area contributed by atoms with Crippen LogP contribution in [0.3, 0.4) is 0 Å². The molecule has 0 fully saturated rings. The summed E-state index contributed by atoms with van der Waals surface area (Å²) in [5.74, 6) is 0. The number of fused-ring (bicyclic) bond motifs is 1. The van der Waals surface area contributed by atoms with E-state index in [0.717, 1.165) is 21.4 Å². The Bertz CT molecular complexity index is 915. The van der Waals surface area contributed by atoms with Crippen LogP contribution in [0, 0.1) is 6.92 Å². The highest BCUT2D eigenvalue weighted by atomic mass is 32.1. The fourth-order valence-electron chi connectivity index (χ4n) is 1.60. The van der Waals surface area contributed by atoms with E-state index in [1.54, 1.807) is 30.6 Å². The molecule has 0 N–H and O–H groups in total. The van der Waals surface area contributed by atoms with Crippen molar-refractivity contribution in [3.63, 3.8) is 0 Å². The molecule has 6 nitrogen and oxygen atoms in total. The molecular formula is C12H8N4O2S. The van der Waals surface area contributed by atoms with Gasteiger partial charge in [0.1, 0.15) is 5.69 Å². The van der Waals surface area contributed by atoms with Crippen LogP contribution in [0.25, 0.3) is 11.0 Å². The molecule has 0 bridgehead atoms. The number of aryl methyl sites for hydroxylation is 1. The van der Waals surface area contributed by atoms with Crippen molar-refractivity contribution >= 4 is 22.4 Å². The minimum Gasteiger partial charge on any atom is -0.266 e. The summed E-state index contributed by atoms with van der Waals surface area (Å²) in [6, 6.07) is 3.58. The van der Waals surface area contributed by atoms with Crippen LogP contribution >= 0.6 is 11.3 Å². The fourth-order valence-corrected chi connectivity index (χ4v) is 2.50. The maximum Gasteiger partial charge on any atom is 0.295 e. The van der Waals surface area contributed by atoms with Crippen molar-refractivity contribution in [3.05, 3.63) is 61.0 Å².